The van der Waals surface area contributed by atoms with Gasteiger partial charge < -0.3 is 10.0 Å². The third-order valence-electron chi connectivity index (χ3n) is 2.63. The summed E-state index contributed by atoms with van der Waals surface area (Å²) < 4.78 is 49.8. The van der Waals surface area contributed by atoms with Gasteiger partial charge in [-0.05, 0) is 34.9 Å². The minimum absolute atomic E-state index is 0.0982. The van der Waals surface area contributed by atoms with Crippen LogP contribution in [0.15, 0.2) is 36.4 Å². The van der Waals surface area contributed by atoms with Crippen LogP contribution in [0.2, 0.25) is 1.41 Å². The number of hydrogen-bond acceptors (Lipinski definition) is 2. The van der Waals surface area contributed by atoms with E-state index < -0.39 is 19.3 Å². The quantitative estimate of drug-likeness (QED) is 0.904. The molecule has 0 aromatic heterocycles. The highest BCUT2D eigenvalue weighted by molar-refractivity contribution is 5.87. The second-order valence-corrected chi connectivity index (χ2v) is 3.76. The maximum atomic E-state index is 11.7. The molecule has 0 bridgehead atoms. The third kappa shape index (κ3) is 2.80. The van der Waals surface area contributed by atoms with E-state index in [2.05, 4.69) is 0 Å². The van der Waals surface area contributed by atoms with Gasteiger partial charge in [-0.25, -0.2) is 0 Å². The van der Waals surface area contributed by atoms with Gasteiger partial charge in [-0.3, -0.25) is 4.79 Å². The van der Waals surface area contributed by atoms with Gasteiger partial charge in [0.05, 0.1) is 7.11 Å². The predicted molar refractivity (Wildman–Crippen MR) is 72.9 cm³/mol. The maximum Gasteiger partial charge on any atom is 0.216 e. The van der Waals surface area contributed by atoms with Gasteiger partial charge in [-0.15, -0.1) is 0 Å². The number of amides is 1. The minimum Gasteiger partial charge on any atom is -0.497 e. The molecule has 3 heteroatoms. The molecule has 0 unspecified atom stereocenters. The number of nitrogens with one attached hydrogen (secondary N) is 1. The molecule has 1 amide bonds. The van der Waals surface area contributed by atoms with Gasteiger partial charge in [-0.2, -0.15) is 0 Å². The van der Waals surface area contributed by atoms with Gasteiger partial charge in [0.2, 0.25) is 5.91 Å². The average Bonchev–Trinajstić information content (AvgIpc) is 2.52. The topological polar surface area (TPSA) is 38.3 Å². The van der Waals surface area contributed by atoms with Crippen LogP contribution in [-0.2, 0) is 11.2 Å². The molecular weight excluding hydrogens is 226 g/mol. The van der Waals surface area contributed by atoms with E-state index >= 15 is 0 Å². The summed E-state index contributed by atoms with van der Waals surface area (Å²) in [4.78, 5) is 11.7. The van der Waals surface area contributed by atoms with Crippen molar-refractivity contribution >= 4 is 16.7 Å². The van der Waals surface area contributed by atoms with Gasteiger partial charge in [0, 0.05) is 20.2 Å². The Bertz CT molecular complexity index is 759. The number of rotatable bonds is 4. The lowest BCUT2D eigenvalue weighted by Crippen LogP contribution is -2.22. The van der Waals surface area contributed by atoms with Gasteiger partial charge in [0.1, 0.15) is 5.75 Å². The first-order chi connectivity index (χ1) is 11.1. The highest BCUT2D eigenvalue weighted by Gasteiger charge is 2.03. The number of carbonyl (C=O) groups excluding carboxylic acids is 1. The first-order valence-electron chi connectivity index (χ1n) is 8.40. The fraction of sp³-hybridized carbons (Fsp3) is 0.267. The summed E-state index contributed by atoms with van der Waals surface area (Å²) >= 11 is 0. The third-order valence-corrected chi connectivity index (χ3v) is 2.63. The van der Waals surface area contributed by atoms with Crippen molar-refractivity contribution in [3.63, 3.8) is 0 Å². The zero-order chi connectivity index (χ0) is 18.1. The van der Waals surface area contributed by atoms with Crippen molar-refractivity contribution in [2.75, 3.05) is 13.6 Å². The first kappa shape index (κ1) is 6.78. The SMILES string of the molecule is [2H]N(C(=O)C([2H])([2H])[2H])C([2H])([2H])Cc1cccc2ccc(OC)cc12. The monoisotopic (exact) mass is 249 g/mol. The van der Waals surface area contributed by atoms with Crippen molar-refractivity contribution < 1.29 is 17.8 Å². The van der Waals surface area contributed by atoms with E-state index in [1.807, 2.05) is 12.1 Å². The van der Waals surface area contributed by atoms with Crippen LogP contribution in [0.3, 0.4) is 0 Å². The number of carbonyl (C=O) groups is 1. The Kier molecular flexibility index (Phi) is 2.09. The lowest BCUT2D eigenvalue weighted by Gasteiger charge is -2.08. The van der Waals surface area contributed by atoms with Crippen LogP contribution in [-0.4, -0.2) is 19.5 Å². The Morgan fingerprint density at radius 3 is 3.17 bits per heavy atom. The second-order valence-electron chi connectivity index (χ2n) is 3.76. The lowest BCUT2D eigenvalue weighted by molar-refractivity contribution is -0.118. The predicted octanol–water partition coefficient (Wildman–Crippen LogP) is 2.53. The van der Waals surface area contributed by atoms with Crippen LogP contribution in [0.25, 0.3) is 10.8 Å². The fourth-order valence-electron chi connectivity index (χ4n) is 1.79. The van der Waals surface area contributed by atoms with Gasteiger partial charge in [0.15, 0.2) is 1.41 Å². The molecule has 0 aliphatic carbocycles. The van der Waals surface area contributed by atoms with E-state index in [0.29, 0.717) is 11.3 Å². The van der Waals surface area contributed by atoms with Gasteiger partial charge >= 0.3 is 0 Å². The van der Waals surface area contributed by atoms with Crippen LogP contribution < -0.4 is 10.0 Å². The lowest BCUT2D eigenvalue weighted by atomic mass is 10.0. The largest absolute Gasteiger partial charge is 0.497 e. The van der Waals surface area contributed by atoms with E-state index in [1.54, 1.807) is 24.3 Å². The van der Waals surface area contributed by atoms with E-state index in [-0.39, 0.29) is 11.7 Å². The summed E-state index contributed by atoms with van der Waals surface area (Å²) in [6.07, 6.45) is -0.317. The van der Waals surface area contributed by atoms with Crippen LogP contribution in [0.5, 0.6) is 5.75 Å². The Labute approximate surface area is 115 Å². The molecule has 94 valence electrons. The maximum absolute atomic E-state index is 11.7. The number of methoxy groups -OCH3 is 1. The minimum atomic E-state index is -3.06. The van der Waals surface area contributed by atoms with E-state index in [0.717, 1.165) is 10.8 Å². The Morgan fingerprint density at radius 2 is 2.39 bits per heavy atom. The molecule has 0 saturated heterocycles. The normalized spacial score (nSPS) is 16.7. The van der Waals surface area contributed by atoms with Crippen molar-refractivity contribution in [3.05, 3.63) is 42.0 Å². The molecule has 1 N–H and O–H groups in total. The van der Waals surface area contributed by atoms with Gasteiger partial charge in [-0.1, -0.05) is 24.3 Å². The van der Waals surface area contributed by atoms with Crippen molar-refractivity contribution in [3.8, 4) is 5.75 Å². The molecule has 3 nitrogen and oxygen atoms in total. The van der Waals surface area contributed by atoms with E-state index in [4.69, 9.17) is 13.0 Å². The summed E-state index contributed by atoms with van der Waals surface area (Å²) in [5.41, 5.74) is 0.548. The Balaban J connectivity index is 2.39. The second kappa shape index (κ2) is 5.54. The molecule has 0 radical (unpaired) electrons. The first-order valence-corrected chi connectivity index (χ1v) is 5.45. The Morgan fingerprint density at radius 1 is 1.50 bits per heavy atom. The zero-order valence-electron chi connectivity index (χ0n) is 15.9. The summed E-state index contributed by atoms with van der Waals surface area (Å²) in [5, 5.41) is 1.47. The zero-order valence-corrected chi connectivity index (χ0v) is 9.93. The molecule has 18 heavy (non-hydrogen) atoms. The van der Waals surface area contributed by atoms with Crippen molar-refractivity contribution in [2.45, 2.75) is 13.3 Å². The van der Waals surface area contributed by atoms with E-state index in [9.17, 15) is 4.79 Å². The van der Waals surface area contributed by atoms with Crippen molar-refractivity contribution in [1.29, 1.82) is 0 Å². The van der Waals surface area contributed by atoms with Crippen LogP contribution in [0, 0.1) is 0 Å². The molecule has 2 rings (SSSR count). The standard InChI is InChI=1S/C15H17NO2/c1-11(17)16-9-8-13-5-3-4-12-6-7-14(18-2)10-15(12)13/h3-7,10H,8-9H2,1-2H3,(H,16,17)/i1D3,9D2/hD. The molecule has 0 saturated carbocycles. The summed E-state index contributed by atoms with van der Waals surface area (Å²) in [7, 11) is 1.52. The van der Waals surface area contributed by atoms with E-state index in [1.165, 1.54) is 7.11 Å². The van der Waals surface area contributed by atoms with Crippen LogP contribution >= 0.6 is 0 Å². The fourth-order valence-corrected chi connectivity index (χ4v) is 1.79. The smallest absolute Gasteiger partial charge is 0.216 e. The summed E-state index contributed by atoms with van der Waals surface area (Å²) in [6.45, 7) is -5.53. The van der Waals surface area contributed by atoms with Crippen molar-refractivity contribution in [1.82, 2.24) is 5.31 Å². The van der Waals surface area contributed by atoms with Crippen LogP contribution in [0.1, 0.15) is 19.3 Å². The summed E-state index contributed by atoms with van der Waals surface area (Å²) in [5.74, 6) is -0.956. The molecule has 0 aliphatic rings. The average molecular weight is 249 g/mol. The molecular formula is C15H17NO2. The molecule has 2 aromatic carbocycles. The molecule has 0 heterocycles. The molecule has 0 fully saturated rings. The number of aryl methyl sites for hydroxylation is 1. The Hall–Kier alpha value is -2.03. The van der Waals surface area contributed by atoms with Gasteiger partial charge in [0.25, 0.3) is 0 Å². The molecule has 0 spiro atoms. The number of ether oxygens (including phenoxy) is 1. The number of fused-ring (bicyclic) bond motifs is 1. The number of hydrogen-bond donors (Lipinski definition) is 1. The summed E-state index contributed by atoms with van der Waals surface area (Å²) in [6, 6.07) is 10.6. The number of benzene rings is 2. The molecule has 2 aromatic rings. The highest BCUT2D eigenvalue weighted by atomic mass is 16.5. The highest BCUT2D eigenvalue weighted by Crippen LogP contribution is 2.24. The molecule has 0 atom stereocenters. The molecule has 0 aliphatic heterocycles. The van der Waals surface area contributed by atoms with Crippen molar-refractivity contribution in [2.24, 2.45) is 0 Å². The van der Waals surface area contributed by atoms with Crippen LogP contribution in [0.4, 0.5) is 0 Å².